The molecule has 0 N–H and O–H groups in total. The zero-order chi connectivity index (χ0) is 60.0. The van der Waals surface area contributed by atoms with Gasteiger partial charge < -0.3 is 13.7 Å². The Kier molecular flexibility index (Phi) is 27.6. The number of pyridine rings is 2. The lowest BCUT2D eigenvalue weighted by Gasteiger charge is -2.18. The SMILES string of the molecule is CC(C)(C)c1ccccn1.CC(C)(C)c1cccnc1.CC(C)(C)c1cccs1.CC(C)(C)c1ncccn1.CC(C)(C)c1nccs1.Cn1ccnc1C(C)(C)C.Cn1cnc(C(C)(C)C)c1.Cn1cncc1C(C)(C)C. The minimum absolute atomic E-state index is 0.0707. The van der Waals surface area contributed by atoms with E-state index in [0.717, 1.165) is 23.0 Å². The predicted octanol–water partition coefficient (Wildman–Crippen LogP) is 17.2. The summed E-state index contributed by atoms with van der Waals surface area (Å²) in [5, 5.41) is 5.35. The third kappa shape index (κ3) is 28.3. The van der Waals surface area contributed by atoms with Crippen molar-refractivity contribution in [2.24, 2.45) is 21.1 Å². The Morgan fingerprint density at radius 3 is 1.23 bits per heavy atom. The van der Waals surface area contributed by atoms with Gasteiger partial charge in [-0.25, -0.2) is 29.9 Å². The van der Waals surface area contributed by atoms with E-state index in [9.17, 15) is 0 Å². The van der Waals surface area contributed by atoms with Crippen molar-refractivity contribution < 1.29 is 0 Å². The van der Waals surface area contributed by atoms with E-state index in [1.807, 2.05) is 117 Å². The molecule has 0 aromatic carbocycles. The predicted molar refractivity (Wildman–Crippen MR) is 336 cm³/mol. The van der Waals surface area contributed by atoms with Crippen molar-refractivity contribution in [1.82, 2.24) is 53.6 Å². The summed E-state index contributed by atoms with van der Waals surface area (Å²) in [5.74, 6) is 2.03. The standard InChI is InChI=1S/2C9H13N.3C8H14N2.C8H12N2.C8H12S.C7H11NS/c1-9(2,3)8-5-4-6-10-7-8;1-9(2,3)8-6-4-5-7-10-8;1-8(2,3)7-5-10(4)6-9-7;1-8(2,3)7-5-9-6-10(7)4;1-8(2,3)7-9-5-6-10(7)4;1-8(2,3)7-9-5-4-6-10-7;1-8(2,3)7-5-4-6-9-7;1-7(2,3)6-8-4-5-9-6/h2*4-7H,1-3H3;3*5-6H,1-4H3;4-6H,1-3H3;4-6H,1-3H3;4-5H,1-3H3. The molecule has 0 unspecified atom stereocenters. The van der Waals surface area contributed by atoms with Gasteiger partial charge in [-0.1, -0.05) is 184 Å². The number of aromatic nitrogens is 11. The van der Waals surface area contributed by atoms with Crippen molar-refractivity contribution in [1.29, 1.82) is 0 Å². The van der Waals surface area contributed by atoms with Crippen LogP contribution in [0.25, 0.3) is 0 Å². The molecule has 8 aromatic heterocycles. The van der Waals surface area contributed by atoms with Crippen LogP contribution in [-0.4, -0.2) is 53.6 Å². The van der Waals surface area contributed by atoms with Crippen molar-refractivity contribution in [2.75, 3.05) is 0 Å². The molecule has 0 aliphatic heterocycles. The largest absolute Gasteiger partial charge is 0.340 e. The van der Waals surface area contributed by atoms with Gasteiger partial charge in [0.05, 0.1) is 23.4 Å². The number of rotatable bonds is 0. The van der Waals surface area contributed by atoms with Crippen LogP contribution in [0.3, 0.4) is 0 Å². The Morgan fingerprint density at radius 2 is 0.987 bits per heavy atom. The van der Waals surface area contributed by atoms with E-state index < -0.39 is 0 Å². The lowest BCUT2D eigenvalue weighted by molar-refractivity contribution is 0.522. The minimum atomic E-state index is 0.0707. The van der Waals surface area contributed by atoms with Crippen LogP contribution in [0.2, 0.25) is 0 Å². The molecule has 0 aliphatic carbocycles. The van der Waals surface area contributed by atoms with Crippen LogP contribution in [-0.2, 0) is 64.5 Å². The topological polar surface area (TPSA) is 118 Å². The number of nitrogens with zero attached hydrogens (tertiary/aromatic N) is 11. The van der Waals surface area contributed by atoms with Crippen LogP contribution in [0, 0.1) is 0 Å². The molecule has 13 heteroatoms. The summed E-state index contributed by atoms with van der Waals surface area (Å²) in [7, 11) is 6.03. The first-order valence-electron chi connectivity index (χ1n) is 27.0. The first-order valence-corrected chi connectivity index (χ1v) is 28.8. The zero-order valence-electron chi connectivity index (χ0n) is 53.4. The summed E-state index contributed by atoms with van der Waals surface area (Å²) in [4.78, 5) is 34.8. The first-order chi connectivity index (χ1) is 35.6. The molecule has 8 aromatic rings. The molecule has 8 rings (SSSR count). The highest BCUT2D eigenvalue weighted by Gasteiger charge is 2.20. The highest BCUT2D eigenvalue weighted by Crippen LogP contribution is 2.27. The Hall–Kier alpha value is -5.66. The van der Waals surface area contributed by atoms with Crippen molar-refractivity contribution in [3.05, 3.63) is 178 Å². The molecule has 430 valence electrons. The number of aryl methyl sites for hydroxylation is 3. The number of hydrogen-bond acceptors (Lipinski definition) is 10. The fourth-order valence-electron chi connectivity index (χ4n) is 6.57. The fourth-order valence-corrected chi connectivity index (χ4v) is 8.11. The quantitative estimate of drug-likeness (QED) is 0.147. The van der Waals surface area contributed by atoms with Gasteiger partial charge >= 0.3 is 0 Å². The molecule has 0 atom stereocenters. The number of imidazole rings is 3. The van der Waals surface area contributed by atoms with Crippen molar-refractivity contribution in [2.45, 2.75) is 209 Å². The summed E-state index contributed by atoms with van der Waals surface area (Å²) in [5.41, 5.74) is 6.47. The van der Waals surface area contributed by atoms with Gasteiger partial charge in [0, 0.05) is 137 Å². The molecule has 0 saturated carbocycles. The second-order valence-electron chi connectivity index (χ2n) is 27.5. The normalized spacial score (nSPS) is 11.8. The van der Waals surface area contributed by atoms with Crippen LogP contribution in [0.5, 0.6) is 0 Å². The van der Waals surface area contributed by atoms with Gasteiger partial charge in [-0.05, 0) is 52.1 Å². The van der Waals surface area contributed by atoms with Crippen LogP contribution in [0.15, 0.2) is 134 Å². The molecule has 0 radical (unpaired) electrons. The van der Waals surface area contributed by atoms with Gasteiger partial charge in [0.25, 0.3) is 0 Å². The molecule has 8 heterocycles. The summed E-state index contributed by atoms with van der Waals surface area (Å²) in [6, 6.07) is 16.2. The Morgan fingerprint density at radius 1 is 0.385 bits per heavy atom. The van der Waals surface area contributed by atoms with Gasteiger partial charge in [0.2, 0.25) is 0 Å². The van der Waals surface area contributed by atoms with Crippen LogP contribution in [0.4, 0.5) is 0 Å². The average molecular weight is 1100 g/mol. The maximum Gasteiger partial charge on any atom is 0.133 e. The maximum absolute atomic E-state index is 4.25. The van der Waals surface area contributed by atoms with E-state index in [2.05, 4.69) is 251 Å². The lowest BCUT2D eigenvalue weighted by atomic mass is 9.88. The summed E-state index contributed by atoms with van der Waals surface area (Å²) in [6.45, 7) is 52.1. The molecule has 0 saturated heterocycles. The highest BCUT2D eigenvalue weighted by atomic mass is 32.1. The van der Waals surface area contributed by atoms with Gasteiger partial charge in [-0.2, -0.15) is 0 Å². The number of thiazole rings is 1. The maximum atomic E-state index is 4.25. The van der Waals surface area contributed by atoms with Crippen molar-refractivity contribution in [3.8, 4) is 0 Å². The number of hydrogen-bond donors (Lipinski definition) is 0. The Bertz CT molecular complexity index is 2540. The summed E-state index contributed by atoms with van der Waals surface area (Å²) < 4.78 is 6.08. The van der Waals surface area contributed by atoms with E-state index in [-0.39, 0.29) is 37.9 Å². The van der Waals surface area contributed by atoms with Crippen molar-refractivity contribution in [3.63, 3.8) is 0 Å². The van der Waals surface area contributed by atoms with E-state index in [1.165, 1.54) is 21.1 Å². The first kappa shape index (κ1) is 70.4. The van der Waals surface area contributed by atoms with E-state index in [4.69, 9.17) is 0 Å². The van der Waals surface area contributed by atoms with Crippen LogP contribution < -0.4 is 0 Å². The molecular weight excluding hydrogens is 999 g/mol. The van der Waals surface area contributed by atoms with Crippen LogP contribution in [0.1, 0.15) is 210 Å². The Balaban J connectivity index is 0.000000446. The van der Waals surface area contributed by atoms with E-state index >= 15 is 0 Å². The third-order valence-electron chi connectivity index (χ3n) is 11.1. The number of thiophene rings is 1. The molecule has 0 fully saturated rings. The van der Waals surface area contributed by atoms with Crippen molar-refractivity contribution >= 4 is 22.7 Å². The highest BCUT2D eigenvalue weighted by molar-refractivity contribution is 7.10. The molecule has 11 nitrogen and oxygen atoms in total. The molecule has 0 amide bonds. The summed E-state index contributed by atoms with van der Waals surface area (Å²) >= 11 is 3.55. The molecule has 0 spiro atoms. The third-order valence-corrected chi connectivity index (χ3v) is 13.6. The lowest BCUT2D eigenvalue weighted by Crippen LogP contribution is -2.16. The minimum Gasteiger partial charge on any atom is -0.340 e. The van der Waals surface area contributed by atoms with E-state index in [1.54, 1.807) is 29.9 Å². The fraction of sp³-hybridized carbons (Fsp3) is 0.538. The second-order valence-corrected chi connectivity index (χ2v) is 29.4. The van der Waals surface area contributed by atoms with Gasteiger partial charge in [-0.15, -0.1) is 22.7 Å². The molecule has 0 bridgehead atoms. The van der Waals surface area contributed by atoms with Crippen LogP contribution >= 0.6 is 22.7 Å². The molecule has 0 aliphatic rings. The second kappa shape index (κ2) is 30.6. The van der Waals surface area contributed by atoms with E-state index in [0.29, 0.717) is 5.41 Å². The monoisotopic (exact) mass is 1100 g/mol. The zero-order valence-corrected chi connectivity index (χ0v) is 55.1. The van der Waals surface area contributed by atoms with Gasteiger partial charge in [0.15, 0.2) is 0 Å². The average Bonchev–Trinajstić information content (AvgIpc) is 4.19. The summed E-state index contributed by atoms with van der Waals surface area (Å²) in [6.07, 6.45) is 22.4. The van der Waals surface area contributed by atoms with Gasteiger partial charge in [-0.3, -0.25) is 9.97 Å². The van der Waals surface area contributed by atoms with Gasteiger partial charge in [0.1, 0.15) is 11.6 Å². The Labute approximate surface area is 482 Å². The smallest absolute Gasteiger partial charge is 0.133 e. The molecular formula is C65H103N11S2. The molecule has 78 heavy (non-hydrogen) atoms.